The van der Waals surface area contributed by atoms with E-state index < -0.39 is 11.6 Å². The fourth-order valence-corrected chi connectivity index (χ4v) is 3.93. The lowest BCUT2D eigenvalue weighted by atomic mass is 10.0. The Morgan fingerprint density at radius 3 is 2.39 bits per heavy atom. The maximum Gasteiger partial charge on any atom is 0.255 e. The van der Waals surface area contributed by atoms with Crippen LogP contribution in [0.1, 0.15) is 23.7 Å². The number of Topliss-reactive ketones (excluding diaryl/α,β-unsaturated/α-hetero) is 1. The van der Waals surface area contributed by atoms with Crippen molar-refractivity contribution in [3.8, 4) is 11.1 Å². The summed E-state index contributed by atoms with van der Waals surface area (Å²) in [5.41, 5.74) is 3.01. The third kappa shape index (κ3) is 5.62. The van der Waals surface area contributed by atoms with Gasteiger partial charge in [-0.15, -0.1) is 0 Å². The van der Waals surface area contributed by atoms with E-state index in [4.69, 9.17) is 0 Å². The van der Waals surface area contributed by atoms with Crippen LogP contribution in [-0.2, 0) is 4.79 Å². The first kappa shape index (κ1) is 22.6. The number of carbonyl (C=O) groups excluding carboxylic acids is 2. The molecule has 170 valence electrons. The predicted octanol–water partition coefficient (Wildman–Crippen LogP) is 4.64. The Hall–Kier alpha value is -3.58. The Bertz CT molecular complexity index is 1150. The zero-order chi connectivity index (χ0) is 23.4. The maximum atomic E-state index is 14.0. The van der Waals surface area contributed by atoms with E-state index >= 15 is 0 Å². The highest BCUT2D eigenvalue weighted by Crippen LogP contribution is 2.25. The Kier molecular flexibility index (Phi) is 6.79. The molecule has 0 bridgehead atoms. The molecule has 3 aromatic rings. The van der Waals surface area contributed by atoms with Gasteiger partial charge in [0.2, 0.25) is 0 Å². The van der Waals surface area contributed by atoms with Crippen molar-refractivity contribution >= 4 is 23.1 Å². The first-order valence-corrected chi connectivity index (χ1v) is 10.8. The molecule has 1 aliphatic rings. The highest BCUT2D eigenvalue weighted by Gasteiger charge is 2.22. The van der Waals surface area contributed by atoms with E-state index in [1.165, 1.54) is 12.1 Å². The van der Waals surface area contributed by atoms with Gasteiger partial charge in [0, 0.05) is 47.7 Å². The first-order valence-electron chi connectivity index (χ1n) is 10.8. The summed E-state index contributed by atoms with van der Waals surface area (Å²) in [6.07, 6.45) is 0.976. The van der Waals surface area contributed by atoms with Crippen LogP contribution < -0.4 is 15.5 Å². The van der Waals surface area contributed by atoms with Gasteiger partial charge in [-0.1, -0.05) is 12.1 Å². The van der Waals surface area contributed by atoms with E-state index in [1.807, 2.05) is 24.3 Å². The molecule has 7 heteroatoms. The number of hydrogen-bond donors (Lipinski definition) is 2. The second-order valence-corrected chi connectivity index (χ2v) is 8.22. The lowest BCUT2D eigenvalue weighted by Gasteiger charge is -2.19. The molecule has 1 heterocycles. The Morgan fingerprint density at radius 2 is 1.73 bits per heavy atom. The van der Waals surface area contributed by atoms with E-state index in [2.05, 4.69) is 15.5 Å². The number of carbonyl (C=O) groups is 2. The van der Waals surface area contributed by atoms with Gasteiger partial charge in [-0.05, 0) is 67.4 Å². The number of ketones is 1. The molecule has 2 N–H and O–H groups in total. The van der Waals surface area contributed by atoms with Gasteiger partial charge in [-0.25, -0.2) is 8.78 Å². The van der Waals surface area contributed by atoms with Gasteiger partial charge in [0.05, 0.1) is 6.54 Å². The lowest BCUT2D eigenvalue weighted by Crippen LogP contribution is -2.35. The van der Waals surface area contributed by atoms with E-state index in [0.29, 0.717) is 29.4 Å². The fourth-order valence-electron chi connectivity index (χ4n) is 3.93. The van der Waals surface area contributed by atoms with Crippen molar-refractivity contribution in [2.75, 3.05) is 29.9 Å². The van der Waals surface area contributed by atoms with Crippen LogP contribution in [0.4, 0.5) is 20.2 Å². The topological polar surface area (TPSA) is 61.4 Å². The van der Waals surface area contributed by atoms with Crippen molar-refractivity contribution in [1.82, 2.24) is 5.32 Å². The molecule has 1 atom stereocenters. The number of hydrogen-bond acceptors (Lipinski definition) is 4. The van der Waals surface area contributed by atoms with Gasteiger partial charge >= 0.3 is 0 Å². The molecule has 1 aliphatic heterocycles. The third-order valence-electron chi connectivity index (χ3n) is 5.71. The summed E-state index contributed by atoms with van der Waals surface area (Å²) >= 11 is 0. The van der Waals surface area contributed by atoms with Crippen molar-refractivity contribution in [2.45, 2.75) is 19.4 Å². The van der Waals surface area contributed by atoms with Gasteiger partial charge in [0.15, 0.2) is 0 Å². The summed E-state index contributed by atoms with van der Waals surface area (Å²) in [6, 6.07) is 17.8. The average Bonchev–Trinajstić information content (AvgIpc) is 3.27. The highest BCUT2D eigenvalue weighted by atomic mass is 19.1. The second-order valence-electron chi connectivity index (χ2n) is 8.22. The van der Waals surface area contributed by atoms with Crippen molar-refractivity contribution < 1.29 is 18.4 Å². The number of benzene rings is 3. The standard InChI is InChI=1S/C26H25F2N3O2/c1-17(32)15-29-22-12-13-31(16-22)23-9-7-21(8-10-23)30-26(33)19-4-2-18(3-5-19)24-11-6-20(27)14-25(24)28/h2-11,14,22,29H,12-13,15-16H2,1H3,(H,30,33). The molecule has 5 nitrogen and oxygen atoms in total. The van der Waals surface area contributed by atoms with Gasteiger partial charge in [-0.3, -0.25) is 9.59 Å². The zero-order valence-electron chi connectivity index (χ0n) is 18.3. The predicted molar refractivity (Wildman–Crippen MR) is 125 cm³/mol. The fraction of sp³-hybridized carbons (Fsp3) is 0.231. The molecule has 0 aromatic heterocycles. The molecule has 3 aromatic carbocycles. The number of nitrogens with zero attached hydrogens (tertiary/aromatic N) is 1. The largest absolute Gasteiger partial charge is 0.370 e. The van der Waals surface area contributed by atoms with Gasteiger partial charge in [0.1, 0.15) is 17.4 Å². The molecule has 0 saturated carbocycles. The number of rotatable bonds is 7. The van der Waals surface area contributed by atoms with Crippen LogP contribution in [0.3, 0.4) is 0 Å². The summed E-state index contributed by atoms with van der Waals surface area (Å²) in [6.45, 7) is 3.71. The van der Waals surface area contributed by atoms with Crippen LogP contribution in [0, 0.1) is 11.6 Å². The quantitative estimate of drug-likeness (QED) is 0.552. The molecule has 1 amide bonds. The molecule has 1 unspecified atom stereocenters. The maximum absolute atomic E-state index is 14.0. The number of amides is 1. The SMILES string of the molecule is CC(=O)CNC1CCN(c2ccc(NC(=O)c3ccc(-c4ccc(F)cc4F)cc3)cc2)C1. The summed E-state index contributed by atoms with van der Waals surface area (Å²) in [5.74, 6) is -1.42. The number of anilines is 2. The molecule has 0 spiro atoms. The summed E-state index contributed by atoms with van der Waals surface area (Å²) < 4.78 is 27.1. The minimum absolute atomic E-state index is 0.130. The smallest absolute Gasteiger partial charge is 0.255 e. The first-order chi connectivity index (χ1) is 15.9. The van der Waals surface area contributed by atoms with Crippen molar-refractivity contribution in [1.29, 1.82) is 0 Å². The molecule has 1 fully saturated rings. The Balaban J connectivity index is 1.35. The molecule has 1 saturated heterocycles. The van der Waals surface area contributed by atoms with E-state index in [1.54, 1.807) is 31.2 Å². The monoisotopic (exact) mass is 449 g/mol. The Labute approximate surface area is 191 Å². The summed E-state index contributed by atoms with van der Waals surface area (Å²) in [7, 11) is 0. The van der Waals surface area contributed by atoms with Crippen LogP contribution in [0.25, 0.3) is 11.1 Å². The average molecular weight is 450 g/mol. The molecule has 0 aliphatic carbocycles. The number of halogens is 2. The summed E-state index contributed by atoms with van der Waals surface area (Å²) in [5, 5.41) is 6.14. The van der Waals surface area contributed by atoms with Gasteiger partial charge in [0.25, 0.3) is 5.91 Å². The zero-order valence-corrected chi connectivity index (χ0v) is 18.3. The highest BCUT2D eigenvalue weighted by molar-refractivity contribution is 6.04. The third-order valence-corrected chi connectivity index (χ3v) is 5.71. The normalized spacial score (nSPS) is 15.5. The molecular formula is C26H25F2N3O2. The van der Waals surface area contributed by atoms with Gasteiger partial charge in [-0.2, -0.15) is 0 Å². The van der Waals surface area contributed by atoms with Crippen LogP contribution in [0.15, 0.2) is 66.7 Å². The molecular weight excluding hydrogens is 424 g/mol. The van der Waals surface area contributed by atoms with E-state index in [9.17, 15) is 18.4 Å². The number of nitrogens with one attached hydrogen (secondary N) is 2. The molecule has 0 radical (unpaired) electrons. The summed E-state index contributed by atoms with van der Waals surface area (Å²) in [4.78, 5) is 26.0. The van der Waals surface area contributed by atoms with Crippen molar-refractivity contribution in [2.24, 2.45) is 0 Å². The van der Waals surface area contributed by atoms with Gasteiger partial charge < -0.3 is 15.5 Å². The van der Waals surface area contributed by atoms with Crippen LogP contribution in [0.5, 0.6) is 0 Å². The van der Waals surface area contributed by atoms with Crippen LogP contribution in [-0.4, -0.2) is 37.4 Å². The second kappa shape index (κ2) is 9.92. The molecule has 33 heavy (non-hydrogen) atoms. The van der Waals surface area contributed by atoms with Crippen molar-refractivity contribution in [3.05, 3.63) is 83.9 Å². The van der Waals surface area contributed by atoms with E-state index in [-0.39, 0.29) is 17.3 Å². The van der Waals surface area contributed by atoms with Crippen LogP contribution >= 0.6 is 0 Å². The minimum Gasteiger partial charge on any atom is -0.370 e. The van der Waals surface area contributed by atoms with E-state index in [0.717, 1.165) is 31.3 Å². The minimum atomic E-state index is -0.647. The van der Waals surface area contributed by atoms with Crippen LogP contribution in [0.2, 0.25) is 0 Å². The molecule has 4 rings (SSSR count). The lowest BCUT2D eigenvalue weighted by molar-refractivity contribution is -0.116. The Morgan fingerprint density at radius 1 is 1.00 bits per heavy atom. The van der Waals surface area contributed by atoms with Crippen molar-refractivity contribution in [3.63, 3.8) is 0 Å².